The molecule has 0 aromatic carbocycles. The van der Waals surface area contributed by atoms with Gasteiger partial charge in [-0.1, -0.05) is 0 Å². The smallest absolute Gasteiger partial charge is 0.108 e. The number of ether oxygens (including phenoxy) is 1. The third-order valence-electron chi connectivity index (χ3n) is 2.07. The summed E-state index contributed by atoms with van der Waals surface area (Å²) in [6, 6.07) is 0. The molecule has 4 atom stereocenters. The second-order valence-electron chi connectivity index (χ2n) is 2.77. The summed E-state index contributed by atoms with van der Waals surface area (Å²) in [7, 11) is 0. The van der Waals surface area contributed by atoms with E-state index >= 15 is 0 Å². The van der Waals surface area contributed by atoms with E-state index < -0.39 is 12.2 Å². The number of aliphatic hydroxyl groups excluding tert-OH is 3. The van der Waals surface area contributed by atoms with E-state index in [4.69, 9.17) is 14.9 Å². The number of hydrogen-bond donors (Lipinski definition) is 3. The molecule has 0 aliphatic carbocycles. The predicted octanol–water partition coefficient (Wildman–Crippen LogP) is -1.17. The van der Waals surface area contributed by atoms with Gasteiger partial charge in [-0.2, -0.15) is 11.8 Å². The van der Waals surface area contributed by atoms with Crippen LogP contribution in [-0.4, -0.2) is 58.4 Å². The van der Waals surface area contributed by atoms with Gasteiger partial charge in [-0.25, -0.2) is 0 Å². The standard InChI is InChI=1S/C7H14O4S/c1-12-7-5(3-9)11-4(2-8)6(7)10/h4-10H,2-3H2,1H3/t4-,5-,6-,7-/m1/s1. The molecule has 0 amide bonds. The van der Waals surface area contributed by atoms with E-state index in [2.05, 4.69) is 0 Å². The van der Waals surface area contributed by atoms with Gasteiger partial charge >= 0.3 is 0 Å². The summed E-state index contributed by atoms with van der Waals surface area (Å²) in [4.78, 5) is 0. The van der Waals surface area contributed by atoms with Crippen LogP contribution >= 0.6 is 11.8 Å². The van der Waals surface area contributed by atoms with Crippen LogP contribution in [0.1, 0.15) is 0 Å². The fourth-order valence-electron chi connectivity index (χ4n) is 1.40. The van der Waals surface area contributed by atoms with Crippen LogP contribution in [-0.2, 0) is 4.74 Å². The lowest BCUT2D eigenvalue weighted by Crippen LogP contribution is -2.32. The van der Waals surface area contributed by atoms with Crippen LogP contribution < -0.4 is 0 Å². The van der Waals surface area contributed by atoms with Gasteiger partial charge in [0.25, 0.3) is 0 Å². The van der Waals surface area contributed by atoms with Gasteiger partial charge in [-0.3, -0.25) is 0 Å². The molecule has 5 heteroatoms. The molecule has 1 heterocycles. The summed E-state index contributed by atoms with van der Waals surface area (Å²) in [5.41, 5.74) is 0. The van der Waals surface area contributed by atoms with Crippen molar-refractivity contribution in [3.63, 3.8) is 0 Å². The number of hydrogen-bond acceptors (Lipinski definition) is 5. The van der Waals surface area contributed by atoms with E-state index in [0.717, 1.165) is 0 Å². The van der Waals surface area contributed by atoms with E-state index in [9.17, 15) is 5.11 Å². The Bertz CT molecular complexity index is 141. The van der Waals surface area contributed by atoms with Crippen molar-refractivity contribution in [3.05, 3.63) is 0 Å². The van der Waals surface area contributed by atoms with Crippen LogP contribution in [0.25, 0.3) is 0 Å². The van der Waals surface area contributed by atoms with Crippen LogP contribution in [0.2, 0.25) is 0 Å². The number of rotatable bonds is 3. The molecule has 1 saturated heterocycles. The first-order valence-corrected chi connectivity index (χ1v) is 5.11. The van der Waals surface area contributed by atoms with Crippen LogP contribution in [0.3, 0.4) is 0 Å². The molecule has 0 unspecified atom stereocenters. The van der Waals surface area contributed by atoms with Crippen LogP contribution in [0.15, 0.2) is 0 Å². The van der Waals surface area contributed by atoms with Crippen LogP contribution in [0, 0.1) is 0 Å². The molecule has 0 saturated carbocycles. The van der Waals surface area contributed by atoms with Crippen molar-refractivity contribution in [1.82, 2.24) is 0 Å². The minimum absolute atomic E-state index is 0.112. The minimum Gasteiger partial charge on any atom is -0.394 e. The van der Waals surface area contributed by atoms with Crippen molar-refractivity contribution >= 4 is 11.8 Å². The summed E-state index contributed by atoms with van der Waals surface area (Å²) in [6.07, 6.45) is 0.272. The molecule has 0 radical (unpaired) electrons. The Morgan fingerprint density at radius 3 is 2.17 bits per heavy atom. The highest BCUT2D eigenvalue weighted by Crippen LogP contribution is 2.29. The average molecular weight is 194 g/mol. The third kappa shape index (κ3) is 1.75. The van der Waals surface area contributed by atoms with Gasteiger partial charge in [-0.05, 0) is 6.26 Å². The van der Waals surface area contributed by atoms with Crippen molar-refractivity contribution in [2.24, 2.45) is 0 Å². The first-order valence-electron chi connectivity index (χ1n) is 3.82. The van der Waals surface area contributed by atoms with Gasteiger partial charge in [0.2, 0.25) is 0 Å². The maximum Gasteiger partial charge on any atom is 0.108 e. The minimum atomic E-state index is -0.679. The van der Waals surface area contributed by atoms with Crippen molar-refractivity contribution in [3.8, 4) is 0 Å². The topological polar surface area (TPSA) is 69.9 Å². The maximum atomic E-state index is 9.53. The molecule has 1 fully saturated rings. The molecule has 0 aromatic rings. The zero-order valence-corrected chi connectivity index (χ0v) is 7.70. The second-order valence-corrected chi connectivity index (χ2v) is 3.78. The van der Waals surface area contributed by atoms with Crippen molar-refractivity contribution in [2.75, 3.05) is 19.5 Å². The Balaban J connectivity index is 2.58. The Morgan fingerprint density at radius 2 is 1.83 bits per heavy atom. The van der Waals surface area contributed by atoms with E-state index in [1.165, 1.54) is 11.8 Å². The molecule has 4 nitrogen and oxygen atoms in total. The summed E-state index contributed by atoms with van der Waals surface area (Å²) in [5.74, 6) is 0. The SMILES string of the molecule is CS[C@H]1[C@H](O)[C@@H](CO)O[C@@H]1CO. The zero-order valence-electron chi connectivity index (χ0n) is 6.88. The predicted molar refractivity (Wildman–Crippen MR) is 46.1 cm³/mol. The molecular weight excluding hydrogens is 180 g/mol. The first kappa shape index (κ1) is 10.3. The highest BCUT2D eigenvalue weighted by atomic mass is 32.2. The van der Waals surface area contributed by atoms with Gasteiger partial charge in [0.15, 0.2) is 0 Å². The van der Waals surface area contributed by atoms with Gasteiger partial charge in [0.1, 0.15) is 6.10 Å². The van der Waals surface area contributed by atoms with E-state index in [-0.39, 0.29) is 24.6 Å². The fourth-order valence-corrected chi connectivity index (χ4v) is 2.31. The molecular formula is C7H14O4S. The largest absolute Gasteiger partial charge is 0.394 e. The Labute approximate surface area is 75.5 Å². The lowest BCUT2D eigenvalue weighted by atomic mass is 10.1. The molecule has 1 aliphatic rings. The van der Waals surface area contributed by atoms with Gasteiger partial charge in [0.05, 0.1) is 30.7 Å². The molecule has 1 aliphatic heterocycles. The Hall–Kier alpha value is 0.190. The van der Waals surface area contributed by atoms with Gasteiger partial charge < -0.3 is 20.1 Å². The van der Waals surface area contributed by atoms with E-state index in [0.29, 0.717) is 0 Å². The fraction of sp³-hybridized carbons (Fsp3) is 1.00. The highest BCUT2D eigenvalue weighted by molar-refractivity contribution is 7.99. The maximum absolute atomic E-state index is 9.53. The van der Waals surface area contributed by atoms with Crippen molar-refractivity contribution < 1.29 is 20.1 Å². The third-order valence-corrected chi connectivity index (χ3v) is 3.19. The van der Waals surface area contributed by atoms with Crippen LogP contribution in [0.5, 0.6) is 0 Å². The lowest BCUT2D eigenvalue weighted by molar-refractivity contribution is -0.0354. The molecule has 0 spiro atoms. The Morgan fingerprint density at radius 1 is 1.25 bits per heavy atom. The second kappa shape index (κ2) is 4.43. The molecule has 72 valence electrons. The number of aliphatic hydroxyl groups is 3. The summed E-state index contributed by atoms with van der Waals surface area (Å²) in [6.45, 7) is -0.312. The average Bonchev–Trinajstić information content (AvgIpc) is 2.41. The molecule has 12 heavy (non-hydrogen) atoms. The van der Waals surface area contributed by atoms with E-state index in [1.54, 1.807) is 0 Å². The first-order chi connectivity index (χ1) is 5.74. The van der Waals surface area contributed by atoms with Gasteiger partial charge in [-0.15, -0.1) is 0 Å². The van der Waals surface area contributed by atoms with Crippen LogP contribution in [0.4, 0.5) is 0 Å². The monoisotopic (exact) mass is 194 g/mol. The zero-order chi connectivity index (χ0) is 9.14. The lowest BCUT2D eigenvalue weighted by Gasteiger charge is -2.15. The van der Waals surface area contributed by atoms with Crippen molar-refractivity contribution in [2.45, 2.75) is 23.6 Å². The molecule has 0 bridgehead atoms. The summed E-state index contributed by atoms with van der Waals surface area (Å²) < 4.78 is 5.20. The Kier molecular flexibility index (Phi) is 3.79. The summed E-state index contributed by atoms with van der Waals surface area (Å²) >= 11 is 1.45. The van der Waals surface area contributed by atoms with Gasteiger partial charge in [0, 0.05) is 0 Å². The number of thioether (sulfide) groups is 1. The molecule has 3 N–H and O–H groups in total. The van der Waals surface area contributed by atoms with E-state index in [1.807, 2.05) is 6.26 Å². The molecule has 1 rings (SSSR count). The summed E-state index contributed by atoms with van der Waals surface area (Å²) in [5, 5.41) is 27.1. The normalized spacial score (nSPS) is 42.0. The molecule has 0 aromatic heterocycles. The highest BCUT2D eigenvalue weighted by Gasteiger charge is 2.42. The van der Waals surface area contributed by atoms with Crippen molar-refractivity contribution in [1.29, 1.82) is 0 Å². The quantitative estimate of drug-likeness (QED) is 0.528.